The van der Waals surface area contributed by atoms with Crippen molar-refractivity contribution in [3.8, 4) is 0 Å². The van der Waals surface area contributed by atoms with Crippen LogP contribution >= 0.6 is 0 Å². The first-order valence-corrected chi connectivity index (χ1v) is 7.29. The van der Waals surface area contributed by atoms with Gasteiger partial charge in [-0.25, -0.2) is 0 Å². The molecule has 118 valence electrons. The number of carbonyl (C=O) groups excluding carboxylic acids is 1. The monoisotopic (exact) mass is 311 g/mol. The van der Waals surface area contributed by atoms with Crippen molar-refractivity contribution in [2.45, 2.75) is 13.5 Å². The molecule has 3 aromatic rings. The molecule has 7 heteroatoms. The highest BCUT2D eigenvalue weighted by molar-refractivity contribution is 5.95. The van der Waals surface area contributed by atoms with E-state index in [0.29, 0.717) is 24.0 Å². The molecule has 23 heavy (non-hydrogen) atoms. The molecule has 0 saturated carbocycles. The van der Waals surface area contributed by atoms with Gasteiger partial charge in [-0.05, 0) is 25.1 Å². The molecule has 1 amide bonds. The lowest BCUT2D eigenvalue weighted by Gasteiger charge is -2.09. The summed E-state index contributed by atoms with van der Waals surface area (Å²) in [6.45, 7) is 2.81. The number of aryl methyl sites for hydroxylation is 2. The fourth-order valence-corrected chi connectivity index (χ4v) is 2.44. The zero-order chi connectivity index (χ0) is 16.4. The van der Waals surface area contributed by atoms with Gasteiger partial charge in [-0.15, -0.1) is 0 Å². The summed E-state index contributed by atoms with van der Waals surface area (Å²) in [6, 6.07) is 7.33. The second-order valence-electron chi connectivity index (χ2n) is 5.35. The van der Waals surface area contributed by atoms with Crippen molar-refractivity contribution < 1.29 is 4.79 Å². The molecule has 0 spiro atoms. The molecule has 0 fully saturated rings. The van der Waals surface area contributed by atoms with Gasteiger partial charge in [-0.1, -0.05) is 11.6 Å². The van der Waals surface area contributed by atoms with Crippen LogP contribution in [0, 0.1) is 6.92 Å². The van der Waals surface area contributed by atoms with E-state index in [9.17, 15) is 9.59 Å². The van der Waals surface area contributed by atoms with Gasteiger partial charge in [0.1, 0.15) is 0 Å². The Kier molecular flexibility index (Phi) is 3.92. The summed E-state index contributed by atoms with van der Waals surface area (Å²) in [5.41, 5.74) is 1.23. The maximum Gasteiger partial charge on any atom is 0.275 e. The minimum Gasteiger partial charge on any atom is -0.349 e. The van der Waals surface area contributed by atoms with Gasteiger partial charge in [0.15, 0.2) is 5.69 Å². The Hall–Kier alpha value is -2.96. The minimum atomic E-state index is -0.471. The number of nitrogens with one attached hydrogen (secondary N) is 1. The Labute approximate surface area is 132 Å². The van der Waals surface area contributed by atoms with Crippen LogP contribution in [0.2, 0.25) is 0 Å². The number of hydrogen-bond donors (Lipinski definition) is 1. The zero-order valence-corrected chi connectivity index (χ0v) is 13.0. The van der Waals surface area contributed by atoms with Crippen molar-refractivity contribution >= 4 is 16.8 Å². The normalized spacial score (nSPS) is 10.9. The molecule has 0 aliphatic heterocycles. The fourth-order valence-electron chi connectivity index (χ4n) is 2.44. The van der Waals surface area contributed by atoms with Crippen LogP contribution < -0.4 is 10.7 Å². The highest BCUT2D eigenvalue weighted by Gasteiger charge is 2.16. The second kappa shape index (κ2) is 6.04. The first-order chi connectivity index (χ1) is 11.1. The molecule has 0 saturated heterocycles. The number of carbonyl (C=O) groups is 1. The van der Waals surface area contributed by atoms with Crippen LogP contribution in [0.3, 0.4) is 0 Å². The lowest BCUT2D eigenvalue weighted by Crippen LogP contribution is -2.33. The van der Waals surface area contributed by atoms with Gasteiger partial charge in [-0.2, -0.15) is 10.2 Å². The lowest BCUT2D eigenvalue weighted by atomic mass is 10.1. The van der Waals surface area contributed by atoms with Gasteiger partial charge < -0.3 is 5.32 Å². The Morgan fingerprint density at radius 1 is 1.35 bits per heavy atom. The molecule has 0 atom stereocenters. The average molecular weight is 311 g/mol. The van der Waals surface area contributed by atoms with E-state index in [1.807, 2.05) is 31.3 Å². The van der Waals surface area contributed by atoms with E-state index in [0.717, 1.165) is 5.56 Å². The van der Waals surface area contributed by atoms with Crippen LogP contribution in [0.5, 0.6) is 0 Å². The predicted molar refractivity (Wildman–Crippen MR) is 86.3 cm³/mol. The third-order valence-corrected chi connectivity index (χ3v) is 3.61. The van der Waals surface area contributed by atoms with Crippen LogP contribution in [-0.4, -0.2) is 32.0 Å². The van der Waals surface area contributed by atoms with Crippen molar-refractivity contribution in [3.63, 3.8) is 0 Å². The van der Waals surface area contributed by atoms with Crippen LogP contribution in [0.15, 0.2) is 41.5 Å². The molecule has 2 aromatic heterocycles. The first-order valence-electron chi connectivity index (χ1n) is 7.29. The molecule has 0 unspecified atom stereocenters. The van der Waals surface area contributed by atoms with E-state index in [4.69, 9.17) is 0 Å². The van der Waals surface area contributed by atoms with Crippen LogP contribution in [-0.2, 0) is 13.6 Å². The standard InChI is InChI=1S/C16H17N5O2/c1-11-4-5-13-12(10-11)15(22)14(19-20(13)2)16(23)17-7-9-21-8-3-6-18-21/h3-6,8,10H,7,9H2,1-2H3,(H,17,23). The largest absolute Gasteiger partial charge is 0.349 e. The highest BCUT2D eigenvalue weighted by atomic mass is 16.2. The second-order valence-corrected chi connectivity index (χ2v) is 5.35. The minimum absolute atomic E-state index is 0.0916. The summed E-state index contributed by atoms with van der Waals surface area (Å²) in [4.78, 5) is 24.8. The number of aromatic nitrogens is 4. The fraction of sp³-hybridized carbons (Fsp3) is 0.250. The van der Waals surface area contributed by atoms with E-state index < -0.39 is 5.91 Å². The maximum atomic E-state index is 12.5. The molecule has 0 aliphatic carbocycles. The van der Waals surface area contributed by atoms with E-state index in [2.05, 4.69) is 15.5 Å². The van der Waals surface area contributed by atoms with E-state index in [1.54, 1.807) is 28.7 Å². The topological polar surface area (TPSA) is 81.8 Å². The van der Waals surface area contributed by atoms with E-state index in [1.165, 1.54) is 0 Å². The van der Waals surface area contributed by atoms with Crippen molar-refractivity contribution in [2.75, 3.05) is 6.54 Å². The quantitative estimate of drug-likeness (QED) is 0.775. The van der Waals surface area contributed by atoms with Gasteiger partial charge >= 0.3 is 0 Å². The Morgan fingerprint density at radius 2 is 2.17 bits per heavy atom. The van der Waals surface area contributed by atoms with E-state index >= 15 is 0 Å². The van der Waals surface area contributed by atoms with Crippen LogP contribution in [0.4, 0.5) is 0 Å². The van der Waals surface area contributed by atoms with Gasteiger partial charge in [0.2, 0.25) is 5.43 Å². The summed E-state index contributed by atoms with van der Waals surface area (Å²) in [5, 5.41) is 11.4. The Morgan fingerprint density at radius 3 is 2.91 bits per heavy atom. The molecule has 0 aliphatic rings. The number of fused-ring (bicyclic) bond motifs is 1. The third-order valence-electron chi connectivity index (χ3n) is 3.61. The first kappa shape index (κ1) is 15.0. The summed E-state index contributed by atoms with van der Waals surface area (Å²) in [7, 11) is 1.72. The van der Waals surface area contributed by atoms with Crippen molar-refractivity contribution in [2.24, 2.45) is 7.05 Å². The molecule has 0 radical (unpaired) electrons. The van der Waals surface area contributed by atoms with Crippen molar-refractivity contribution in [1.82, 2.24) is 24.9 Å². The maximum absolute atomic E-state index is 12.5. The molecule has 3 rings (SSSR count). The summed E-state index contributed by atoms with van der Waals surface area (Å²) < 4.78 is 3.26. The van der Waals surface area contributed by atoms with Crippen LogP contribution in [0.25, 0.3) is 10.9 Å². The van der Waals surface area contributed by atoms with Crippen LogP contribution in [0.1, 0.15) is 16.1 Å². The molecular weight excluding hydrogens is 294 g/mol. The summed E-state index contributed by atoms with van der Waals surface area (Å²) >= 11 is 0. The molecule has 1 aromatic carbocycles. The van der Waals surface area contributed by atoms with Crippen molar-refractivity contribution in [1.29, 1.82) is 0 Å². The van der Waals surface area contributed by atoms with Gasteiger partial charge in [0.25, 0.3) is 5.91 Å². The molecule has 7 nitrogen and oxygen atoms in total. The number of hydrogen-bond acceptors (Lipinski definition) is 4. The van der Waals surface area contributed by atoms with E-state index in [-0.39, 0.29) is 11.1 Å². The number of amides is 1. The predicted octanol–water partition coefficient (Wildman–Crippen LogP) is 0.868. The molecular formula is C16H17N5O2. The third kappa shape index (κ3) is 2.98. The number of rotatable bonds is 4. The zero-order valence-electron chi connectivity index (χ0n) is 13.0. The van der Waals surface area contributed by atoms with Crippen molar-refractivity contribution in [3.05, 3.63) is 58.1 Å². The molecule has 2 heterocycles. The summed E-state index contributed by atoms with van der Waals surface area (Å²) in [5.74, 6) is -0.471. The highest BCUT2D eigenvalue weighted by Crippen LogP contribution is 2.11. The van der Waals surface area contributed by atoms with Gasteiger partial charge in [0.05, 0.1) is 17.4 Å². The lowest BCUT2D eigenvalue weighted by molar-refractivity contribution is 0.0944. The number of benzene rings is 1. The van der Waals surface area contributed by atoms with Gasteiger partial charge in [0, 0.05) is 26.0 Å². The van der Waals surface area contributed by atoms with Gasteiger partial charge in [-0.3, -0.25) is 19.0 Å². The SMILES string of the molecule is Cc1ccc2c(c1)c(=O)c(C(=O)NCCn1cccn1)nn2C. The smallest absolute Gasteiger partial charge is 0.275 e. The number of nitrogens with zero attached hydrogens (tertiary/aromatic N) is 4. The molecule has 1 N–H and O–H groups in total. The average Bonchev–Trinajstić information content (AvgIpc) is 3.04. The summed E-state index contributed by atoms with van der Waals surface area (Å²) in [6.07, 6.45) is 3.48. The molecule has 0 bridgehead atoms. The Bertz CT molecular complexity index is 912. The Balaban J connectivity index is 1.85.